The summed E-state index contributed by atoms with van der Waals surface area (Å²) in [6.45, 7) is 0.213. The second-order valence-corrected chi connectivity index (χ2v) is 4.11. The number of hydrogen-bond acceptors (Lipinski definition) is 7. The summed E-state index contributed by atoms with van der Waals surface area (Å²) in [6.07, 6.45) is 1.44. The van der Waals surface area contributed by atoms with Gasteiger partial charge in [0, 0.05) is 12.1 Å². The van der Waals surface area contributed by atoms with Crippen LogP contribution in [0.1, 0.15) is 5.56 Å². The Morgan fingerprint density at radius 1 is 1.15 bits per heavy atom. The van der Waals surface area contributed by atoms with Gasteiger partial charge in [0.15, 0.2) is 23.0 Å². The van der Waals surface area contributed by atoms with Gasteiger partial charge in [-0.3, -0.25) is 0 Å². The summed E-state index contributed by atoms with van der Waals surface area (Å²) in [6, 6.07) is 4.28. The van der Waals surface area contributed by atoms with Gasteiger partial charge >= 0.3 is 6.01 Å². The first-order chi connectivity index (χ1) is 9.65. The van der Waals surface area contributed by atoms with Crippen LogP contribution in [-0.2, 0) is 6.54 Å². The monoisotopic (exact) mass is 273 g/mol. The number of phenolic OH excluding ortho intramolecular Hbond substituents is 2. The number of imidazole rings is 1. The molecule has 8 heteroatoms. The number of aromatic nitrogens is 4. The number of fused-ring (bicyclic) bond motifs is 1. The standard InChI is InChI=1S/C12H11N5O3/c18-7-3-1-2-6(9(7)19)4-13-10-8-11(15-5-14-8)17-12(20)16-10/h1-3,5,18-19H,4H2,(H3,13,14,15,16,17,20). The molecule has 2 aromatic heterocycles. The molecule has 0 atom stereocenters. The average molecular weight is 273 g/mol. The van der Waals surface area contributed by atoms with E-state index >= 15 is 0 Å². The molecule has 20 heavy (non-hydrogen) atoms. The maximum atomic E-state index is 9.71. The summed E-state index contributed by atoms with van der Waals surface area (Å²) < 4.78 is 0. The zero-order chi connectivity index (χ0) is 14.1. The highest BCUT2D eigenvalue weighted by molar-refractivity contribution is 5.82. The van der Waals surface area contributed by atoms with E-state index in [1.54, 1.807) is 12.1 Å². The number of rotatable bonds is 3. The number of aromatic hydroxyl groups is 3. The Morgan fingerprint density at radius 2 is 2.00 bits per heavy atom. The van der Waals surface area contributed by atoms with Gasteiger partial charge in [0.2, 0.25) is 0 Å². The number of H-pyrrole nitrogens is 1. The fourth-order valence-corrected chi connectivity index (χ4v) is 1.85. The van der Waals surface area contributed by atoms with E-state index in [1.165, 1.54) is 12.4 Å². The molecule has 2 heterocycles. The van der Waals surface area contributed by atoms with Gasteiger partial charge in [-0.2, -0.15) is 9.97 Å². The summed E-state index contributed by atoms with van der Waals surface area (Å²) >= 11 is 0. The van der Waals surface area contributed by atoms with Crippen molar-refractivity contribution in [2.75, 3.05) is 5.32 Å². The molecule has 3 aromatic rings. The molecule has 0 saturated heterocycles. The predicted octanol–water partition coefficient (Wildman–Crippen LogP) is 1.08. The minimum atomic E-state index is -0.396. The van der Waals surface area contributed by atoms with Crippen molar-refractivity contribution in [3.05, 3.63) is 30.1 Å². The van der Waals surface area contributed by atoms with E-state index in [-0.39, 0.29) is 18.0 Å². The zero-order valence-corrected chi connectivity index (χ0v) is 10.2. The molecule has 0 aliphatic carbocycles. The summed E-state index contributed by atoms with van der Waals surface area (Å²) in [5.41, 5.74) is 1.37. The first-order valence-electron chi connectivity index (χ1n) is 5.79. The van der Waals surface area contributed by atoms with E-state index in [1.807, 2.05) is 0 Å². The SMILES string of the molecule is Oc1nc(NCc2cccc(O)c2O)c2[nH]cnc2n1. The molecule has 0 aliphatic heterocycles. The first kappa shape index (κ1) is 12.0. The Morgan fingerprint density at radius 3 is 2.85 bits per heavy atom. The van der Waals surface area contributed by atoms with E-state index in [0.717, 1.165) is 0 Å². The third-order valence-electron chi connectivity index (χ3n) is 2.82. The fraction of sp³-hybridized carbons (Fsp3) is 0.0833. The number of nitrogens with zero attached hydrogens (tertiary/aromatic N) is 3. The lowest BCUT2D eigenvalue weighted by atomic mass is 10.2. The van der Waals surface area contributed by atoms with Crippen molar-refractivity contribution in [2.24, 2.45) is 0 Å². The normalized spacial score (nSPS) is 10.8. The summed E-state index contributed by atoms with van der Waals surface area (Å²) in [5, 5.41) is 31.5. The Kier molecular flexibility index (Phi) is 2.75. The Bertz CT molecular complexity index is 771. The molecule has 1 aromatic carbocycles. The van der Waals surface area contributed by atoms with Gasteiger partial charge in [-0.15, -0.1) is 0 Å². The van der Waals surface area contributed by atoms with Gasteiger partial charge in [-0.25, -0.2) is 4.98 Å². The zero-order valence-electron chi connectivity index (χ0n) is 10.2. The minimum absolute atomic E-state index is 0.193. The van der Waals surface area contributed by atoms with Crippen LogP contribution >= 0.6 is 0 Å². The Hall–Kier alpha value is -3.03. The van der Waals surface area contributed by atoms with Gasteiger partial charge < -0.3 is 25.6 Å². The molecule has 8 nitrogen and oxygen atoms in total. The van der Waals surface area contributed by atoms with E-state index in [0.29, 0.717) is 22.5 Å². The molecule has 0 aliphatic rings. The van der Waals surface area contributed by atoms with Crippen LogP contribution in [0, 0.1) is 0 Å². The van der Waals surface area contributed by atoms with Crippen LogP contribution in [0.5, 0.6) is 17.5 Å². The van der Waals surface area contributed by atoms with Crippen LogP contribution in [-0.4, -0.2) is 35.3 Å². The van der Waals surface area contributed by atoms with Crippen molar-refractivity contribution in [3.63, 3.8) is 0 Å². The molecule has 0 radical (unpaired) electrons. The largest absolute Gasteiger partial charge is 0.504 e. The van der Waals surface area contributed by atoms with Crippen LogP contribution in [0.15, 0.2) is 24.5 Å². The lowest BCUT2D eigenvalue weighted by Crippen LogP contribution is -2.03. The number of para-hydroxylation sites is 1. The molecule has 5 N–H and O–H groups in total. The smallest absolute Gasteiger partial charge is 0.318 e. The van der Waals surface area contributed by atoms with Crippen molar-refractivity contribution in [3.8, 4) is 17.5 Å². The van der Waals surface area contributed by atoms with E-state index in [2.05, 4.69) is 25.3 Å². The summed E-state index contributed by atoms with van der Waals surface area (Å²) in [4.78, 5) is 14.4. The van der Waals surface area contributed by atoms with Gasteiger partial charge in [0.05, 0.1) is 6.33 Å². The Labute approximate surface area is 112 Å². The van der Waals surface area contributed by atoms with Crippen LogP contribution in [0.2, 0.25) is 0 Å². The lowest BCUT2D eigenvalue weighted by molar-refractivity contribution is 0.400. The molecular formula is C12H11N5O3. The molecule has 0 saturated carbocycles. The van der Waals surface area contributed by atoms with Crippen molar-refractivity contribution >= 4 is 17.0 Å². The van der Waals surface area contributed by atoms with Crippen LogP contribution in [0.4, 0.5) is 5.82 Å². The van der Waals surface area contributed by atoms with Crippen molar-refractivity contribution in [1.82, 2.24) is 19.9 Å². The molecule has 0 amide bonds. The van der Waals surface area contributed by atoms with Gasteiger partial charge in [-0.1, -0.05) is 12.1 Å². The number of benzene rings is 1. The molecule has 3 rings (SSSR count). The summed E-state index contributed by atoms with van der Waals surface area (Å²) in [5.74, 6) is -0.0339. The number of phenols is 2. The van der Waals surface area contributed by atoms with Crippen molar-refractivity contribution < 1.29 is 15.3 Å². The third-order valence-corrected chi connectivity index (χ3v) is 2.82. The summed E-state index contributed by atoms with van der Waals surface area (Å²) in [7, 11) is 0. The third kappa shape index (κ3) is 2.03. The second kappa shape index (κ2) is 4.57. The molecule has 0 bridgehead atoms. The van der Waals surface area contributed by atoms with Crippen LogP contribution < -0.4 is 5.32 Å². The maximum Gasteiger partial charge on any atom is 0.318 e. The number of hydrogen-bond donors (Lipinski definition) is 5. The number of aromatic amines is 1. The number of nitrogens with one attached hydrogen (secondary N) is 2. The molecular weight excluding hydrogens is 262 g/mol. The second-order valence-electron chi connectivity index (χ2n) is 4.11. The molecule has 0 unspecified atom stereocenters. The topological polar surface area (TPSA) is 127 Å². The molecule has 0 spiro atoms. The highest BCUT2D eigenvalue weighted by atomic mass is 16.3. The van der Waals surface area contributed by atoms with Crippen molar-refractivity contribution in [1.29, 1.82) is 0 Å². The predicted molar refractivity (Wildman–Crippen MR) is 70.4 cm³/mol. The Balaban J connectivity index is 1.90. The average Bonchev–Trinajstić information content (AvgIpc) is 2.88. The van der Waals surface area contributed by atoms with E-state index in [9.17, 15) is 15.3 Å². The molecule has 0 fully saturated rings. The first-order valence-corrected chi connectivity index (χ1v) is 5.79. The van der Waals surface area contributed by atoms with Gasteiger partial charge in [0.1, 0.15) is 5.52 Å². The molecule has 102 valence electrons. The van der Waals surface area contributed by atoms with Crippen molar-refractivity contribution in [2.45, 2.75) is 6.54 Å². The lowest BCUT2D eigenvalue weighted by Gasteiger charge is -2.09. The van der Waals surface area contributed by atoms with Gasteiger partial charge in [-0.05, 0) is 6.07 Å². The quantitative estimate of drug-likeness (QED) is 0.452. The maximum absolute atomic E-state index is 9.71. The fourth-order valence-electron chi connectivity index (χ4n) is 1.85. The van der Waals surface area contributed by atoms with Crippen LogP contribution in [0.3, 0.4) is 0 Å². The number of anilines is 1. The minimum Gasteiger partial charge on any atom is -0.504 e. The highest BCUT2D eigenvalue weighted by Gasteiger charge is 2.11. The van der Waals surface area contributed by atoms with E-state index in [4.69, 9.17) is 0 Å². The highest BCUT2D eigenvalue weighted by Crippen LogP contribution is 2.29. The van der Waals surface area contributed by atoms with Gasteiger partial charge in [0.25, 0.3) is 0 Å². The van der Waals surface area contributed by atoms with E-state index < -0.39 is 6.01 Å². The van der Waals surface area contributed by atoms with Crippen LogP contribution in [0.25, 0.3) is 11.2 Å².